The molecular formula is C16H21Cl2N3O2. The molecule has 1 aromatic carbocycles. The van der Waals surface area contributed by atoms with E-state index in [4.69, 9.17) is 11.6 Å². The fourth-order valence-electron chi connectivity index (χ4n) is 2.90. The number of amides is 2. The Balaban J connectivity index is 0.00000192. The Kier molecular flexibility index (Phi) is 5.89. The summed E-state index contributed by atoms with van der Waals surface area (Å²) in [5.41, 5.74) is 0.783. The van der Waals surface area contributed by atoms with E-state index in [2.05, 4.69) is 10.6 Å². The van der Waals surface area contributed by atoms with Crippen LogP contribution in [0.3, 0.4) is 0 Å². The highest BCUT2D eigenvalue weighted by molar-refractivity contribution is 6.31. The molecule has 2 fully saturated rings. The number of hydrogen-bond acceptors (Lipinski definition) is 3. The van der Waals surface area contributed by atoms with Crippen molar-refractivity contribution in [3.63, 3.8) is 0 Å². The largest absolute Gasteiger partial charge is 0.344 e. The molecule has 2 amide bonds. The van der Waals surface area contributed by atoms with Crippen LogP contribution in [0, 0.1) is 11.8 Å². The Hall–Kier alpha value is -1.30. The monoisotopic (exact) mass is 357 g/mol. The van der Waals surface area contributed by atoms with Gasteiger partial charge in [0, 0.05) is 23.2 Å². The fraction of sp³-hybridized carbons (Fsp3) is 0.500. The summed E-state index contributed by atoms with van der Waals surface area (Å²) in [4.78, 5) is 26.4. The van der Waals surface area contributed by atoms with Gasteiger partial charge in [-0.25, -0.2) is 0 Å². The van der Waals surface area contributed by atoms with Crippen LogP contribution in [-0.4, -0.2) is 37.5 Å². The van der Waals surface area contributed by atoms with Gasteiger partial charge in [0.1, 0.15) is 6.04 Å². The van der Waals surface area contributed by atoms with E-state index in [-0.39, 0.29) is 30.1 Å². The van der Waals surface area contributed by atoms with Gasteiger partial charge in [-0.2, -0.15) is 0 Å². The molecule has 2 aliphatic rings. The molecule has 0 radical (unpaired) electrons. The minimum Gasteiger partial charge on any atom is -0.344 e. The molecule has 5 nitrogen and oxygen atoms in total. The summed E-state index contributed by atoms with van der Waals surface area (Å²) in [6.45, 7) is 4.28. The van der Waals surface area contributed by atoms with E-state index < -0.39 is 6.04 Å². The van der Waals surface area contributed by atoms with Gasteiger partial charge in [0.05, 0.1) is 0 Å². The predicted molar refractivity (Wildman–Crippen MR) is 93.1 cm³/mol. The molecule has 0 bridgehead atoms. The van der Waals surface area contributed by atoms with Crippen molar-refractivity contribution in [2.24, 2.45) is 11.8 Å². The molecule has 0 aliphatic carbocycles. The summed E-state index contributed by atoms with van der Waals surface area (Å²) in [5, 5.41) is 6.67. The molecule has 2 unspecified atom stereocenters. The number of rotatable bonds is 4. The number of anilines is 1. The van der Waals surface area contributed by atoms with Gasteiger partial charge in [0.25, 0.3) is 0 Å². The maximum atomic E-state index is 12.5. The van der Waals surface area contributed by atoms with E-state index in [1.54, 1.807) is 17.0 Å². The Labute approximate surface area is 147 Å². The lowest BCUT2D eigenvalue weighted by Crippen LogP contribution is -2.52. The summed E-state index contributed by atoms with van der Waals surface area (Å²) in [5.74, 6) is 0.224. The molecule has 2 atom stereocenters. The summed E-state index contributed by atoms with van der Waals surface area (Å²) in [6.07, 6.45) is 0.632. The second-order valence-corrected chi connectivity index (χ2v) is 6.46. The van der Waals surface area contributed by atoms with Gasteiger partial charge in [0.15, 0.2) is 0 Å². The zero-order valence-electron chi connectivity index (χ0n) is 12.9. The first-order valence-electron chi connectivity index (χ1n) is 7.64. The van der Waals surface area contributed by atoms with Crippen LogP contribution in [0.25, 0.3) is 0 Å². The van der Waals surface area contributed by atoms with Crippen LogP contribution < -0.4 is 15.5 Å². The molecule has 3 rings (SSSR count). The molecule has 7 heteroatoms. The smallest absolute Gasteiger partial charge is 0.249 e. The van der Waals surface area contributed by atoms with Crippen molar-refractivity contribution in [2.75, 3.05) is 24.5 Å². The van der Waals surface area contributed by atoms with Gasteiger partial charge < -0.3 is 15.5 Å². The van der Waals surface area contributed by atoms with Gasteiger partial charge >= 0.3 is 0 Å². The molecular weight excluding hydrogens is 337 g/mol. The van der Waals surface area contributed by atoms with Crippen LogP contribution in [0.15, 0.2) is 24.3 Å². The normalized spacial score (nSPS) is 22.3. The summed E-state index contributed by atoms with van der Waals surface area (Å²) in [7, 11) is 0. The van der Waals surface area contributed by atoms with Crippen LogP contribution >= 0.6 is 24.0 Å². The number of nitrogens with zero attached hydrogens (tertiary/aromatic N) is 1. The second-order valence-electron chi connectivity index (χ2n) is 6.03. The van der Waals surface area contributed by atoms with Crippen LogP contribution in [0.4, 0.5) is 5.69 Å². The van der Waals surface area contributed by atoms with E-state index in [0.29, 0.717) is 23.9 Å². The molecule has 126 valence electrons. The zero-order valence-corrected chi connectivity index (χ0v) is 14.5. The summed E-state index contributed by atoms with van der Waals surface area (Å²) < 4.78 is 0. The maximum absolute atomic E-state index is 12.5. The van der Waals surface area contributed by atoms with Gasteiger partial charge in [0.2, 0.25) is 11.8 Å². The number of halogens is 2. The Bertz CT molecular complexity index is 592. The minimum atomic E-state index is -0.429. The second kappa shape index (κ2) is 7.51. The summed E-state index contributed by atoms with van der Waals surface area (Å²) >= 11 is 5.98. The van der Waals surface area contributed by atoms with Crippen LogP contribution in [0.1, 0.15) is 13.3 Å². The van der Waals surface area contributed by atoms with E-state index >= 15 is 0 Å². The predicted octanol–water partition coefficient (Wildman–Crippen LogP) is 1.84. The lowest BCUT2D eigenvalue weighted by atomic mass is 9.88. The molecule has 2 N–H and O–H groups in total. The molecule has 1 aromatic rings. The lowest BCUT2D eigenvalue weighted by Gasteiger charge is -2.32. The fourth-order valence-corrected chi connectivity index (χ4v) is 3.08. The van der Waals surface area contributed by atoms with Crippen molar-refractivity contribution in [3.8, 4) is 0 Å². The van der Waals surface area contributed by atoms with Gasteiger partial charge in [-0.15, -0.1) is 12.4 Å². The average Bonchev–Trinajstić information content (AvgIpc) is 2.78. The van der Waals surface area contributed by atoms with Crippen molar-refractivity contribution in [3.05, 3.63) is 29.3 Å². The van der Waals surface area contributed by atoms with E-state index in [0.717, 1.165) is 18.8 Å². The lowest BCUT2D eigenvalue weighted by molar-refractivity contribution is -0.130. The van der Waals surface area contributed by atoms with Crippen molar-refractivity contribution in [2.45, 2.75) is 19.4 Å². The van der Waals surface area contributed by atoms with Crippen molar-refractivity contribution >= 4 is 41.5 Å². The highest BCUT2D eigenvalue weighted by Crippen LogP contribution is 2.25. The quantitative estimate of drug-likeness (QED) is 0.864. The van der Waals surface area contributed by atoms with E-state index in [9.17, 15) is 9.59 Å². The van der Waals surface area contributed by atoms with Gasteiger partial charge in [-0.3, -0.25) is 9.59 Å². The highest BCUT2D eigenvalue weighted by Gasteiger charge is 2.36. The number of carbonyl (C=O) groups excluding carboxylic acids is 2. The first kappa shape index (κ1) is 18.0. The number of hydrogen-bond donors (Lipinski definition) is 2. The van der Waals surface area contributed by atoms with Crippen LogP contribution in [0.2, 0.25) is 5.02 Å². The average molecular weight is 358 g/mol. The molecule has 23 heavy (non-hydrogen) atoms. The number of carbonyl (C=O) groups is 2. The Morgan fingerprint density at radius 2 is 2.17 bits per heavy atom. The number of benzene rings is 1. The third-order valence-electron chi connectivity index (χ3n) is 4.58. The third kappa shape index (κ3) is 3.79. The van der Waals surface area contributed by atoms with Gasteiger partial charge in [-0.1, -0.05) is 24.6 Å². The summed E-state index contributed by atoms with van der Waals surface area (Å²) in [6, 6.07) is 6.80. The Morgan fingerprint density at radius 1 is 1.43 bits per heavy atom. The van der Waals surface area contributed by atoms with Gasteiger partial charge in [-0.05, 0) is 43.6 Å². The van der Waals surface area contributed by atoms with Crippen molar-refractivity contribution < 1.29 is 9.59 Å². The molecule has 0 spiro atoms. The first-order chi connectivity index (χ1) is 10.6. The zero-order chi connectivity index (χ0) is 15.7. The van der Waals surface area contributed by atoms with Crippen molar-refractivity contribution in [1.82, 2.24) is 10.6 Å². The maximum Gasteiger partial charge on any atom is 0.249 e. The first-order valence-corrected chi connectivity index (χ1v) is 8.02. The van der Waals surface area contributed by atoms with Crippen molar-refractivity contribution in [1.29, 1.82) is 0 Å². The molecule has 2 saturated heterocycles. The highest BCUT2D eigenvalue weighted by atomic mass is 35.5. The SMILES string of the molecule is CC(C(=O)NC1CCN(c2cccc(Cl)c2)C1=O)C1CNC1.Cl. The molecule has 2 heterocycles. The molecule has 0 aromatic heterocycles. The van der Waals surface area contributed by atoms with E-state index in [1.807, 2.05) is 19.1 Å². The van der Waals surface area contributed by atoms with E-state index in [1.165, 1.54) is 0 Å². The number of nitrogens with one attached hydrogen (secondary N) is 2. The minimum absolute atomic E-state index is 0. The third-order valence-corrected chi connectivity index (χ3v) is 4.81. The Morgan fingerprint density at radius 3 is 2.78 bits per heavy atom. The van der Waals surface area contributed by atoms with Crippen LogP contribution in [-0.2, 0) is 9.59 Å². The molecule has 0 saturated carbocycles. The molecule has 2 aliphatic heterocycles. The topological polar surface area (TPSA) is 61.4 Å². The van der Waals surface area contributed by atoms with Crippen LogP contribution in [0.5, 0.6) is 0 Å². The standard InChI is InChI=1S/C16H20ClN3O2.ClH/c1-10(11-8-18-9-11)15(21)19-14-5-6-20(16(14)22)13-4-2-3-12(17)7-13;/h2-4,7,10-11,14,18H,5-6,8-9H2,1H3,(H,19,21);1H.